The van der Waals surface area contributed by atoms with E-state index in [4.69, 9.17) is 0 Å². The molecule has 14 heavy (non-hydrogen) atoms. The minimum atomic E-state index is -0.838. The molecule has 1 rings (SSSR count). The van der Waals surface area contributed by atoms with Crippen LogP contribution in [-0.4, -0.2) is 29.9 Å². The van der Waals surface area contributed by atoms with Crippen molar-refractivity contribution in [2.75, 3.05) is 13.6 Å². The Hall–Kier alpha value is 0.540. The molecule has 2 atom stereocenters. The highest BCUT2D eigenvalue weighted by Crippen LogP contribution is 2.36. The van der Waals surface area contributed by atoms with Crippen LogP contribution in [0.3, 0.4) is 0 Å². The lowest BCUT2D eigenvalue weighted by atomic mass is 10.2. The van der Waals surface area contributed by atoms with Gasteiger partial charge >= 0.3 is 0 Å². The summed E-state index contributed by atoms with van der Waals surface area (Å²) in [6, 6.07) is 1.80. The fourth-order valence-corrected chi connectivity index (χ4v) is 3.15. The highest BCUT2D eigenvalue weighted by molar-refractivity contribution is 9.13. The van der Waals surface area contributed by atoms with Gasteiger partial charge in [0.25, 0.3) is 0 Å². The number of thiophene rings is 1. The lowest BCUT2D eigenvalue weighted by molar-refractivity contribution is 0.0224. The molecule has 3 nitrogen and oxygen atoms in total. The zero-order chi connectivity index (χ0) is 10.7. The maximum absolute atomic E-state index is 9.74. The van der Waals surface area contributed by atoms with Crippen molar-refractivity contribution in [3.8, 4) is 0 Å². The fraction of sp³-hybridized carbons (Fsp3) is 0.500. The van der Waals surface area contributed by atoms with Crippen molar-refractivity contribution in [2.24, 2.45) is 0 Å². The van der Waals surface area contributed by atoms with Crippen LogP contribution in [0.15, 0.2) is 14.3 Å². The molecule has 0 bridgehead atoms. The van der Waals surface area contributed by atoms with Gasteiger partial charge in [0.05, 0.1) is 9.89 Å². The number of hydrogen-bond donors (Lipinski definition) is 3. The van der Waals surface area contributed by atoms with Gasteiger partial charge in [-0.3, -0.25) is 0 Å². The van der Waals surface area contributed by atoms with E-state index in [1.54, 1.807) is 13.1 Å². The molecule has 0 fully saturated rings. The predicted molar refractivity (Wildman–Crippen MR) is 64.6 cm³/mol. The van der Waals surface area contributed by atoms with Gasteiger partial charge in [-0.05, 0) is 45.0 Å². The Bertz CT molecular complexity index is 286. The molecule has 80 valence electrons. The molecule has 0 aliphatic rings. The number of aliphatic hydroxyl groups excluding tert-OH is 2. The summed E-state index contributed by atoms with van der Waals surface area (Å²) in [7, 11) is 1.73. The topological polar surface area (TPSA) is 52.5 Å². The summed E-state index contributed by atoms with van der Waals surface area (Å²) < 4.78 is 1.82. The summed E-state index contributed by atoms with van der Waals surface area (Å²) >= 11 is 8.07. The van der Waals surface area contributed by atoms with Gasteiger partial charge in [0.1, 0.15) is 6.10 Å². The van der Waals surface area contributed by atoms with Crippen LogP contribution in [0.1, 0.15) is 11.0 Å². The van der Waals surface area contributed by atoms with Crippen molar-refractivity contribution in [2.45, 2.75) is 12.2 Å². The monoisotopic (exact) mass is 343 g/mol. The summed E-state index contributed by atoms with van der Waals surface area (Å²) in [4.78, 5) is 0.742. The van der Waals surface area contributed by atoms with Crippen LogP contribution >= 0.6 is 43.2 Å². The van der Waals surface area contributed by atoms with E-state index in [-0.39, 0.29) is 0 Å². The number of hydrogen-bond acceptors (Lipinski definition) is 4. The van der Waals surface area contributed by atoms with Crippen LogP contribution in [0.2, 0.25) is 0 Å². The van der Waals surface area contributed by atoms with Crippen molar-refractivity contribution >= 4 is 43.2 Å². The molecule has 1 heterocycles. The summed E-state index contributed by atoms with van der Waals surface area (Å²) in [5.41, 5.74) is 0. The average molecular weight is 345 g/mol. The van der Waals surface area contributed by atoms with Crippen molar-refractivity contribution < 1.29 is 10.2 Å². The Labute approximate surface area is 103 Å². The summed E-state index contributed by atoms with van der Waals surface area (Å²) in [6.45, 7) is 0.369. The van der Waals surface area contributed by atoms with E-state index < -0.39 is 12.2 Å². The van der Waals surface area contributed by atoms with E-state index in [0.717, 1.165) is 13.1 Å². The molecule has 3 N–H and O–H groups in total. The Morgan fingerprint density at radius 1 is 1.50 bits per heavy atom. The minimum absolute atomic E-state index is 0.369. The van der Waals surface area contributed by atoms with Gasteiger partial charge in [0.2, 0.25) is 0 Å². The average Bonchev–Trinajstić information content (AvgIpc) is 2.46. The molecule has 0 saturated carbocycles. The number of nitrogens with one attached hydrogen (secondary N) is 1. The van der Waals surface area contributed by atoms with Gasteiger partial charge in [-0.2, -0.15) is 0 Å². The van der Waals surface area contributed by atoms with Crippen molar-refractivity contribution in [1.29, 1.82) is 0 Å². The van der Waals surface area contributed by atoms with Gasteiger partial charge in [-0.1, -0.05) is 0 Å². The summed E-state index contributed by atoms with van der Waals surface area (Å²) in [5.74, 6) is 0. The maximum atomic E-state index is 9.74. The van der Waals surface area contributed by atoms with Crippen molar-refractivity contribution in [1.82, 2.24) is 5.32 Å². The normalized spacial score (nSPS) is 15.5. The molecule has 0 amide bonds. The van der Waals surface area contributed by atoms with E-state index >= 15 is 0 Å². The van der Waals surface area contributed by atoms with Crippen LogP contribution in [0.5, 0.6) is 0 Å². The summed E-state index contributed by atoms with van der Waals surface area (Å²) in [5, 5.41) is 22.1. The molecule has 0 aliphatic carbocycles. The van der Waals surface area contributed by atoms with Gasteiger partial charge < -0.3 is 15.5 Å². The largest absolute Gasteiger partial charge is 0.389 e. The Balaban J connectivity index is 2.73. The molecular formula is C8H11Br2NO2S. The molecule has 0 saturated heterocycles. The molecule has 0 spiro atoms. The molecule has 0 radical (unpaired) electrons. The predicted octanol–water partition coefficient (Wildman–Crippen LogP) is 1.89. The third-order valence-electron chi connectivity index (χ3n) is 1.73. The third kappa shape index (κ3) is 3.01. The Kier molecular flexibility index (Phi) is 5.02. The second-order valence-corrected chi connectivity index (χ2v) is 6.10. The second kappa shape index (κ2) is 5.58. The summed E-state index contributed by atoms with van der Waals surface area (Å²) in [6.07, 6.45) is -1.62. The Morgan fingerprint density at radius 3 is 2.57 bits per heavy atom. The van der Waals surface area contributed by atoms with Crippen LogP contribution in [0, 0.1) is 0 Å². The number of rotatable bonds is 4. The highest BCUT2D eigenvalue weighted by atomic mass is 79.9. The Morgan fingerprint density at radius 2 is 2.14 bits per heavy atom. The van der Waals surface area contributed by atoms with E-state index in [1.165, 1.54) is 11.3 Å². The zero-order valence-corrected chi connectivity index (χ0v) is 11.5. The number of aliphatic hydroxyl groups is 2. The fourth-order valence-electron chi connectivity index (χ4n) is 1.02. The van der Waals surface area contributed by atoms with Gasteiger partial charge in [-0.15, -0.1) is 11.3 Å². The first kappa shape index (κ1) is 12.6. The number of likely N-dealkylation sites (N-methyl/N-ethyl adjacent to an activating group) is 1. The van der Waals surface area contributed by atoms with Crippen LogP contribution in [0.4, 0.5) is 0 Å². The third-order valence-corrected chi connectivity index (χ3v) is 5.06. The molecule has 0 aromatic carbocycles. The van der Waals surface area contributed by atoms with E-state index in [1.807, 2.05) is 0 Å². The lowest BCUT2D eigenvalue weighted by Crippen LogP contribution is -2.29. The second-order valence-electron chi connectivity index (χ2n) is 2.84. The van der Waals surface area contributed by atoms with Gasteiger partial charge in [0.15, 0.2) is 0 Å². The highest BCUT2D eigenvalue weighted by Gasteiger charge is 2.20. The number of halogens is 2. The van der Waals surface area contributed by atoms with Crippen molar-refractivity contribution in [3.05, 3.63) is 19.2 Å². The molecular weight excluding hydrogens is 334 g/mol. The molecule has 1 aromatic rings. The van der Waals surface area contributed by atoms with Crippen molar-refractivity contribution in [3.63, 3.8) is 0 Å². The van der Waals surface area contributed by atoms with E-state index in [2.05, 4.69) is 37.2 Å². The van der Waals surface area contributed by atoms with Gasteiger partial charge in [0, 0.05) is 15.9 Å². The maximum Gasteiger partial charge on any atom is 0.115 e. The molecule has 0 aliphatic heterocycles. The lowest BCUT2D eigenvalue weighted by Gasteiger charge is -2.15. The standard InChI is InChI=1S/C8H11Br2NO2S/c1-11-3-5(12)7(13)6-2-4(9)8(10)14-6/h2,5,7,11-13H,3H2,1H3. The first-order chi connectivity index (χ1) is 6.56. The van der Waals surface area contributed by atoms with Gasteiger partial charge in [-0.25, -0.2) is 0 Å². The van der Waals surface area contributed by atoms with Crippen LogP contribution < -0.4 is 5.32 Å². The first-order valence-corrected chi connectivity index (χ1v) is 6.42. The first-order valence-electron chi connectivity index (χ1n) is 4.01. The van der Waals surface area contributed by atoms with E-state index in [9.17, 15) is 10.2 Å². The molecule has 6 heteroatoms. The SMILES string of the molecule is CNCC(O)C(O)c1cc(Br)c(Br)s1. The smallest absolute Gasteiger partial charge is 0.115 e. The van der Waals surface area contributed by atoms with Crippen LogP contribution in [0.25, 0.3) is 0 Å². The minimum Gasteiger partial charge on any atom is -0.389 e. The van der Waals surface area contributed by atoms with Crippen LogP contribution in [-0.2, 0) is 0 Å². The quantitative estimate of drug-likeness (QED) is 0.781. The van der Waals surface area contributed by atoms with E-state index in [0.29, 0.717) is 6.54 Å². The molecule has 2 unspecified atom stereocenters. The molecule has 1 aromatic heterocycles. The zero-order valence-electron chi connectivity index (χ0n) is 7.50.